The second-order valence-corrected chi connectivity index (χ2v) is 4.29. The van der Waals surface area contributed by atoms with E-state index in [-0.39, 0.29) is 17.8 Å². The second-order valence-electron chi connectivity index (χ2n) is 4.29. The molecule has 2 unspecified atom stereocenters. The number of allylic oxidation sites excluding steroid dienone is 2. The molecule has 0 spiro atoms. The molecule has 17 heavy (non-hydrogen) atoms. The molecule has 0 aliphatic heterocycles. The summed E-state index contributed by atoms with van der Waals surface area (Å²) >= 11 is 0. The van der Waals surface area contributed by atoms with Crippen molar-refractivity contribution in [2.75, 3.05) is 7.11 Å². The summed E-state index contributed by atoms with van der Waals surface area (Å²) in [7, 11) is 1.43. The van der Waals surface area contributed by atoms with Gasteiger partial charge in [-0.1, -0.05) is 54.6 Å². The lowest BCUT2D eigenvalue weighted by atomic mass is 9.78. The molecule has 0 aromatic heterocycles. The number of rotatable bonds is 2. The van der Waals surface area contributed by atoms with Crippen LogP contribution in [0.25, 0.3) is 0 Å². The third-order valence-corrected chi connectivity index (χ3v) is 3.16. The molecule has 1 aromatic rings. The minimum atomic E-state index is -0.201. The first-order valence-electron chi connectivity index (χ1n) is 5.71. The van der Waals surface area contributed by atoms with Gasteiger partial charge in [-0.3, -0.25) is 4.79 Å². The fourth-order valence-corrected chi connectivity index (χ4v) is 2.26. The molecule has 0 radical (unpaired) electrons. The fraction of sp³-hybridized carbons (Fsp3) is 0.267. The highest BCUT2D eigenvalue weighted by atomic mass is 16.5. The Labute approximate surface area is 102 Å². The van der Waals surface area contributed by atoms with E-state index >= 15 is 0 Å². The van der Waals surface area contributed by atoms with E-state index in [1.54, 1.807) is 0 Å². The maximum Gasteiger partial charge on any atom is 0.313 e. The predicted octanol–water partition coefficient (Wildman–Crippen LogP) is 3.08. The SMILES string of the molecule is C=C1C=CC(C(=O)OC)C(c2ccccc2)C1. The molecular weight excluding hydrogens is 212 g/mol. The lowest BCUT2D eigenvalue weighted by molar-refractivity contribution is -0.144. The number of hydrogen-bond donors (Lipinski definition) is 0. The molecule has 2 atom stereocenters. The minimum Gasteiger partial charge on any atom is -0.469 e. The van der Waals surface area contributed by atoms with Gasteiger partial charge >= 0.3 is 5.97 Å². The van der Waals surface area contributed by atoms with Crippen molar-refractivity contribution < 1.29 is 9.53 Å². The zero-order valence-electron chi connectivity index (χ0n) is 9.93. The monoisotopic (exact) mass is 228 g/mol. The minimum absolute atomic E-state index is 0.140. The van der Waals surface area contributed by atoms with Crippen LogP contribution in [0.1, 0.15) is 17.9 Å². The zero-order valence-corrected chi connectivity index (χ0v) is 9.93. The van der Waals surface area contributed by atoms with Crippen LogP contribution in [0, 0.1) is 5.92 Å². The van der Waals surface area contributed by atoms with Crippen LogP contribution in [0.15, 0.2) is 54.6 Å². The molecule has 1 aliphatic rings. The van der Waals surface area contributed by atoms with Crippen molar-refractivity contribution in [1.29, 1.82) is 0 Å². The smallest absolute Gasteiger partial charge is 0.313 e. The third kappa shape index (κ3) is 2.47. The second kappa shape index (κ2) is 5.00. The van der Waals surface area contributed by atoms with Crippen LogP contribution >= 0.6 is 0 Å². The maximum atomic E-state index is 11.8. The molecule has 0 saturated heterocycles. The van der Waals surface area contributed by atoms with Crippen LogP contribution in [-0.4, -0.2) is 13.1 Å². The van der Waals surface area contributed by atoms with Crippen molar-refractivity contribution in [3.8, 4) is 0 Å². The molecule has 0 bridgehead atoms. The number of carbonyl (C=O) groups excluding carboxylic acids is 1. The van der Waals surface area contributed by atoms with E-state index in [0.717, 1.165) is 17.6 Å². The Kier molecular flexibility index (Phi) is 3.43. The number of benzene rings is 1. The number of ether oxygens (including phenoxy) is 1. The number of hydrogen-bond acceptors (Lipinski definition) is 2. The summed E-state index contributed by atoms with van der Waals surface area (Å²) in [6, 6.07) is 10.1. The Hall–Kier alpha value is -1.83. The number of carbonyl (C=O) groups is 1. The molecule has 2 nitrogen and oxygen atoms in total. The standard InChI is InChI=1S/C15H16O2/c1-11-8-9-13(15(16)17-2)14(10-11)12-6-4-3-5-7-12/h3-9,13-14H,1,10H2,2H3. The van der Waals surface area contributed by atoms with Gasteiger partial charge in [0.25, 0.3) is 0 Å². The summed E-state index contributed by atoms with van der Waals surface area (Å²) in [6.07, 6.45) is 4.62. The lowest BCUT2D eigenvalue weighted by Gasteiger charge is -2.27. The summed E-state index contributed by atoms with van der Waals surface area (Å²) in [5.41, 5.74) is 2.22. The highest BCUT2D eigenvalue weighted by molar-refractivity contribution is 5.76. The Balaban J connectivity index is 2.33. The highest BCUT2D eigenvalue weighted by Crippen LogP contribution is 2.36. The Morgan fingerprint density at radius 2 is 2.06 bits per heavy atom. The van der Waals surface area contributed by atoms with Gasteiger partial charge in [-0.2, -0.15) is 0 Å². The van der Waals surface area contributed by atoms with Gasteiger partial charge in [0, 0.05) is 5.92 Å². The topological polar surface area (TPSA) is 26.3 Å². The van der Waals surface area contributed by atoms with Crippen molar-refractivity contribution in [2.24, 2.45) is 5.92 Å². The van der Waals surface area contributed by atoms with E-state index in [1.807, 2.05) is 42.5 Å². The van der Waals surface area contributed by atoms with E-state index in [4.69, 9.17) is 4.74 Å². The summed E-state index contributed by atoms with van der Waals surface area (Å²) in [6.45, 7) is 3.97. The predicted molar refractivity (Wildman–Crippen MR) is 67.6 cm³/mol. The number of esters is 1. The van der Waals surface area contributed by atoms with Gasteiger partial charge in [0.1, 0.15) is 0 Å². The van der Waals surface area contributed by atoms with Crippen LogP contribution < -0.4 is 0 Å². The number of methoxy groups -OCH3 is 1. The summed E-state index contributed by atoms with van der Waals surface area (Å²) < 4.78 is 4.86. The van der Waals surface area contributed by atoms with Crippen LogP contribution in [0.2, 0.25) is 0 Å². The van der Waals surface area contributed by atoms with Crippen LogP contribution in [0.4, 0.5) is 0 Å². The molecule has 0 amide bonds. The van der Waals surface area contributed by atoms with Crippen molar-refractivity contribution in [1.82, 2.24) is 0 Å². The van der Waals surface area contributed by atoms with Crippen LogP contribution in [0.5, 0.6) is 0 Å². The zero-order chi connectivity index (χ0) is 12.3. The normalized spacial score (nSPS) is 23.5. The molecule has 2 heteroatoms. The molecule has 0 fully saturated rings. The molecule has 2 rings (SSSR count). The Morgan fingerprint density at radius 3 is 2.71 bits per heavy atom. The van der Waals surface area contributed by atoms with Gasteiger partial charge in [-0.05, 0) is 12.0 Å². The lowest BCUT2D eigenvalue weighted by Crippen LogP contribution is -2.24. The van der Waals surface area contributed by atoms with Gasteiger partial charge in [0.05, 0.1) is 13.0 Å². The fourth-order valence-electron chi connectivity index (χ4n) is 2.26. The van der Waals surface area contributed by atoms with E-state index < -0.39 is 0 Å². The van der Waals surface area contributed by atoms with E-state index in [0.29, 0.717) is 0 Å². The van der Waals surface area contributed by atoms with Crippen LogP contribution in [0.3, 0.4) is 0 Å². The molecule has 0 heterocycles. The quantitative estimate of drug-likeness (QED) is 0.727. The summed E-state index contributed by atoms with van der Waals surface area (Å²) in [4.78, 5) is 11.8. The van der Waals surface area contributed by atoms with Crippen molar-refractivity contribution in [2.45, 2.75) is 12.3 Å². The average Bonchev–Trinajstić information content (AvgIpc) is 2.39. The molecule has 88 valence electrons. The van der Waals surface area contributed by atoms with Crippen LogP contribution in [-0.2, 0) is 9.53 Å². The van der Waals surface area contributed by atoms with Gasteiger partial charge in [-0.15, -0.1) is 0 Å². The third-order valence-electron chi connectivity index (χ3n) is 3.16. The largest absolute Gasteiger partial charge is 0.469 e. The summed E-state index contributed by atoms with van der Waals surface area (Å²) in [5.74, 6) is -0.239. The van der Waals surface area contributed by atoms with Gasteiger partial charge in [0.2, 0.25) is 0 Å². The van der Waals surface area contributed by atoms with Crippen molar-refractivity contribution in [3.63, 3.8) is 0 Å². The first kappa shape index (κ1) is 11.6. The average molecular weight is 228 g/mol. The molecular formula is C15H16O2. The van der Waals surface area contributed by atoms with Gasteiger partial charge in [-0.25, -0.2) is 0 Å². The molecule has 1 aliphatic carbocycles. The Bertz CT molecular complexity index is 445. The molecule has 1 aromatic carbocycles. The summed E-state index contributed by atoms with van der Waals surface area (Å²) in [5, 5.41) is 0. The first-order valence-corrected chi connectivity index (χ1v) is 5.71. The Morgan fingerprint density at radius 1 is 1.35 bits per heavy atom. The first-order chi connectivity index (χ1) is 8.22. The van der Waals surface area contributed by atoms with Gasteiger partial charge < -0.3 is 4.74 Å². The van der Waals surface area contributed by atoms with E-state index in [9.17, 15) is 4.79 Å². The van der Waals surface area contributed by atoms with Crippen molar-refractivity contribution >= 4 is 5.97 Å². The van der Waals surface area contributed by atoms with Crippen molar-refractivity contribution in [3.05, 3.63) is 60.2 Å². The molecule has 0 saturated carbocycles. The van der Waals surface area contributed by atoms with E-state index in [2.05, 4.69) is 6.58 Å². The van der Waals surface area contributed by atoms with E-state index in [1.165, 1.54) is 7.11 Å². The highest BCUT2D eigenvalue weighted by Gasteiger charge is 2.30. The molecule has 0 N–H and O–H groups in total. The maximum absolute atomic E-state index is 11.8. The van der Waals surface area contributed by atoms with Gasteiger partial charge in [0.15, 0.2) is 0 Å².